The van der Waals surface area contributed by atoms with Crippen LogP contribution >= 0.6 is 9.24 Å². The summed E-state index contributed by atoms with van der Waals surface area (Å²) in [5.41, 5.74) is 0. The third-order valence-electron chi connectivity index (χ3n) is 0.697. The van der Waals surface area contributed by atoms with E-state index < -0.39 is 5.91 Å². The molecule has 0 spiro atoms. The average Bonchev–Trinajstić information content (AvgIpc) is 1.27. The topological polar surface area (TPSA) is 0 Å². The van der Waals surface area contributed by atoms with Gasteiger partial charge in [0.15, 0.2) is 0 Å². The highest BCUT2D eigenvalue weighted by molar-refractivity contribution is 7.17. The van der Waals surface area contributed by atoms with E-state index in [2.05, 4.69) is 9.24 Å². The molecule has 0 nitrogen and oxygen atoms in total. The van der Waals surface area contributed by atoms with Gasteiger partial charge in [0.2, 0.25) is 0 Å². The van der Waals surface area contributed by atoms with E-state index in [1.807, 2.05) is 13.8 Å². The largest absolute Gasteiger partial charge is 0.243 e. The molecule has 0 radical (unpaired) electrons. The van der Waals surface area contributed by atoms with Crippen molar-refractivity contribution in [1.29, 1.82) is 0 Å². The Hall–Kier alpha value is 0.360. The number of halogens is 1. The molecule has 0 N–H and O–H groups in total. The predicted octanol–water partition coefficient (Wildman–Crippen LogP) is 2.20. The fourth-order valence-electron chi connectivity index (χ4n) is 0.450. The smallest absolute Gasteiger partial charge is 0.113 e. The van der Waals surface area contributed by atoms with E-state index in [1.54, 1.807) is 0 Å². The summed E-state index contributed by atoms with van der Waals surface area (Å²) in [7, 11) is 2.14. The Bertz CT molecular complexity index is 37.3. The first-order valence-electron chi connectivity index (χ1n) is 2.52. The first-order valence-corrected chi connectivity index (χ1v) is 3.19. The normalized spacial score (nSPS) is 15.0. The molecule has 44 valence electrons. The molecule has 0 aliphatic carbocycles. The van der Waals surface area contributed by atoms with E-state index >= 15 is 0 Å². The van der Waals surface area contributed by atoms with Crippen molar-refractivity contribution in [3.05, 3.63) is 0 Å². The maximum atomic E-state index is 11.9. The Morgan fingerprint density at radius 3 is 2.00 bits per heavy atom. The third-order valence-corrected chi connectivity index (χ3v) is 0.969. The summed E-state index contributed by atoms with van der Waals surface area (Å²) in [6, 6.07) is 0. The minimum Gasteiger partial charge on any atom is -0.243 e. The SMILES string of the molecule is CC(C)CC(F)P. The summed E-state index contributed by atoms with van der Waals surface area (Å²) >= 11 is 0. The second kappa shape index (κ2) is 3.37. The standard InChI is InChI=1S/C5H12FP/c1-4(2)3-5(6)7/h4-5H,3,7H2,1-2H3. The molecule has 0 fully saturated rings. The van der Waals surface area contributed by atoms with Crippen LogP contribution in [-0.2, 0) is 0 Å². The van der Waals surface area contributed by atoms with Crippen molar-refractivity contribution in [3.8, 4) is 0 Å². The Morgan fingerprint density at radius 2 is 2.00 bits per heavy atom. The van der Waals surface area contributed by atoms with Gasteiger partial charge in [-0.2, -0.15) is 0 Å². The van der Waals surface area contributed by atoms with E-state index in [0.29, 0.717) is 12.3 Å². The number of hydrogen-bond donors (Lipinski definition) is 0. The van der Waals surface area contributed by atoms with Crippen molar-refractivity contribution in [2.24, 2.45) is 5.92 Å². The zero-order valence-corrected chi connectivity index (χ0v) is 5.97. The molecule has 2 heteroatoms. The van der Waals surface area contributed by atoms with E-state index in [9.17, 15) is 4.39 Å². The van der Waals surface area contributed by atoms with Gasteiger partial charge in [-0.05, 0) is 12.3 Å². The van der Waals surface area contributed by atoms with Gasteiger partial charge >= 0.3 is 0 Å². The van der Waals surface area contributed by atoms with Crippen molar-refractivity contribution in [2.45, 2.75) is 26.2 Å². The number of hydrogen-bond acceptors (Lipinski definition) is 0. The summed E-state index contributed by atoms with van der Waals surface area (Å²) < 4.78 is 11.9. The Labute approximate surface area is 46.7 Å². The van der Waals surface area contributed by atoms with Gasteiger partial charge in [-0.25, -0.2) is 4.39 Å². The highest BCUT2D eigenvalue weighted by Gasteiger charge is 1.99. The fraction of sp³-hybridized carbons (Fsp3) is 1.00. The fourth-order valence-corrected chi connectivity index (χ4v) is 0.995. The molecule has 0 bridgehead atoms. The maximum absolute atomic E-state index is 11.9. The number of alkyl halides is 1. The van der Waals surface area contributed by atoms with Gasteiger partial charge in [-0.3, -0.25) is 0 Å². The summed E-state index contributed by atoms with van der Waals surface area (Å²) in [5.74, 6) is -0.229. The van der Waals surface area contributed by atoms with Gasteiger partial charge in [-0.1, -0.05) is 13.8 Å². The molecule has 0 saturated carbocycles. The molecule has 0 rings (SSSR count). The Kier molecular flexibility index (Phi) is 3.55. The average molecular weight is 122 g/mol. The van der Waals surface area contributed by atoms with Gasteiger partial charge < -0.3 is 0 Å². The first-order chi connectivity index (χ1) is 3.13. The monoisotopic (exact) mass is 122 g/mol. The summed E-state index contributed by atoms with van der Waals surface area (Å²) in [6.45, 7) is 4.02. The maximum Gasteiger partial charge on any atom is 0.113 e. The molecule has 7 heavy (non-hydrogen) atoms. The number of rotatable bonds is 2. The van der Waals surface area contributed by atoms with Gasteiger partial charge in [-0.15, -0.1) is 9.24 Å². The minimum absolute atomic E-state index is 0.479. The zero-order valence-electron chi connectivity index (χ0n) is 4.82. The van der Waals surface area contributed by atoms with Crippen molar-refractivity contribution in [1.82, 2.24) is 0 Å². The molecule has 0 aromatic heterocycles. The summed E-state index contributed by atoms with van der Waals surface area (Å²) in [5, 5.41) is 0. The molecule has 0 saturated heterocycles. The van der Waals surface area contributed by atoms with Crippen molar-refractivity contribution in [2.75, 3.05) is 0 Å². The molecular formula is C5H12FP. The van der Waals surface area contributed by atoms with Gasteiger partial charge in [0, 0.05) is 0 Å². The van der Waals surface area contributed by atoms with Gasteiger partial charge in [0.05, 0.1) is 0 Å². The lowest BCUT2D eigenvalue weighted by Gasteiger charge is -2.02. The van der Waals surface area contributed by atoms with Gasteiger partial charge in [0.1, 0.15) is 5.91 Å². The second-order valence-electron chi connectivity index (χ2n) is 2.15. The predicted molar refractivity (Wildman–Crippen MR) is 34.1 cm³/mol. The molecule has 0 amide bonds. The Morgan fingerprint density at radius 1 is 1.57 bits per heavy atom. The molecule has 2 atom stereocenters. The second-order valence-corrected chi connectivity index (χ2v) is 2.87. The van der Waals surface area contributed by atoms with Crippen LogP contribution in [0.2, 0.25) is 0 Å². The lowest BCUT2D eigenvalue weighted by molar-refractivity contribution is 0.383. The van der Waals surface area contributed by atoms with Crippen LogP contribution in [-0.4, -0.2) is 5.91 Å². The quantitative estimate of drug-likeness (QED) is 0.492. The van der Waals surface area contributed by atoms with Crippen molar-refractivity contribution < 1.29 is 4.39 Å². The van der Waals surface area contributed by atoms with Gasteiger partial charge in [0.25, 0.3) is 0 Å². The highest BCUT2D eigenvalue weighted by Crippen LogP contribution is 2.12. The molecule has 0 aromatic rings. The lowest BCUT2D eigenvalue weighted by atomic mass is 10.2. The van der Waals surface area contributed by atoms with E-state index in [-0.39, 0.29) is 0 Å². The minimum atomic E-state index is -0.708. The lowest BCUT2D eigenvalue weighted by Crippen LogP contribution is -1.93. The van der Waals surface area contributed by atoms with Crippen LogP contribution in [0.5, 0.6) is 0 Å². The third kappa shape index (κ3) is 6.36. The van der Waals surface area contributed by atoms with Crippen LogP contribution in [0, 0.1) is 5.92 Å². The zero-order chi connectivity index (χ0) is 5.86. The molecule has 2 unspecified atom stereocenters. The van der Waals surface area contributed by atoms with Crippen molar-refractivity contribution >= 4 is 9.24 Å². The van der Waals surface area contributed by atoms with Crippen LogP contribution in [0.4, 0.5) is 4.39 Å². The molecule has 0 aromatic carbocycles. The van der Waals surface area contributed by atoms with Crippen molar-refractivity contribution in [3.63, 3.8) is 0 Å². The molecule has 0 aliphatic rings. The highest BCUT2D eigenvalue weighted by atomic mass is 31.0. The molecular weight excluding hydrogens is 110 g/mol. The molecule has 0 aliphatic heterocycles. The first kappa shape index (κ1) is 7.36. The summed E-state index contributed by atoms with van der Waals surface area (Å²) in [4.78, 5) is 0. The van der Waals surface area contributed by atoms with Crippen LogP contribution < -0.4 is 0 Å². The Balaban J connectivity index is 2.95. The van der Waals surface area contributed by atoms with E-state index in [1.165, 1.54) is 0 Å². The molecule has 0 heterocycles. The van der Waals surface area contributed by atoms with E-state index in [4.69, 9.17) is 0 Å². The van der Waals surface area contributed by atoms with Crippen LogP contribution in [0.25, 0.3) is 0 Å². The van der Waals surface area contributed by atoms with Crippen LogP contribution in [0.3, 0.4) is 0 Å². The summed E-state index contributed by atoms with van der Waals surface area (Å²) in [6.07, 6.45) is 0.657. The van der Waals surface area contributed by atoms with E-state index in [0.717, 1.165) is 0 Å². The van der Waals surface area contributed by atoms with Crippen LogP contribution in [0.15, 0.2) is 0 Å². The van der Waals surface area contributed by atoms with Crippen LogP contribution in [0.1, 0.15) is 20.3 Å².